The molecule has 0 spiro atoms. The molecule has 0 aliphatic carbocycles. The van der Waals surface area contributed by atoms with E-state index in [0.29, 0.717) is 33.6 Å². The van der Waals surface area contributed by atoms with Gasteiger partial charge in [-0.3, -0.25) is 4.79 Å². The van der Waals surface area contributed by atoms with Crippen LogP contribution in [0.4, 0.5) is 5.13 Å². The van der Waals surface area contributed by atoms with Crippen LogP contribution in [0.5, 0.6) is 0 Å². The number of sulfonamides is 1. The van der Waals surface area contributed by atoms with E-state index in [1.165, 1.54) is 27.3 Å². The third-order valence-electron chi connectivity index (χ3n) is 5.41. The van der Waals surface area contributed by atoms with Gasteiger partial charge >= 0.3 is 0 Å². The highest BCUT2D eigenvalue weighted by atomic mass is 35.5. The van der Waals surface area contributed by atoms with Crippen molar-refractivity contribution in [2.45, 2.75) is 28.7 Å². The number of hydrogen-bond acceptors (Lipinski definition) is 7. The highest BCUT2D eigenvalue weighted by Gasteiger charge is 2.32. The van der Waals surface area contributed by atoms with Gasteiger partial charge in [0.25, 0.3) is 0 Å². The van der Waals surface area contributed by atoms with E-state index in [-0.39, 0.29) is 30.7 Å². The average molecular weight is 558 g/mol. The Balaban J connectivity index is 1.27. The normalized spacial score (nSPS) is 15.4. The third-order valence-corrected chi connectivity index (χ3v) is 9.87. The van der Waals surface area contributed by atoms with Crippen LogP contribution in [0.25, 0.3) is 0 Å². The van der Waals surface area contributed by atoms with E-state index >= 15 is 0 Å². The number of carbonyl (C=O) groups excluding carboxylic acids is 1. The highest BCUT2D eigenvalue weighted by molar-refractivity contribution is 8.00. The first kappa shape index (κ1) is 25.4. The Labute approximate surface area is 216 Å². The second-order valence-corrected chi connectivity index (χ2v) is 12.8. The number of anilines is 1. The summed E-state index contributed by atoms with van der Waals surface area (Å²) in [6.45, 7) is 0.555. The first-order chi connectivity index (χ1) is 16.3. The average Bonchev–Trinajstić information content (AvgIpc) is 3.27. The van der Waals surface area contributed by atoms with Crippen molar-refractivity contribution in [3.63, 3.8) is 0 Å². The standard InChI is InChI=1S/C22H22Cl2N4O3S3/c23-18-7-6-17(19(24)12-18)14-34(30,31)28-10-8-16(9-11-28)20(29)25-21-26-27-22(33-21)32-13-15-4-2-1-3-5-15/h1-7,12,16H,8-11,13-14H2,(H,25,26,29). The molecule has 0 atom stereocenters. The van der Waals surface area contributed by atoms with Crippen molar-refractivity contribution in [2.75, 3.05) is 18.4 Å². The van der Waals surface area contributed by atoms with Gasteiger partial charge in [0.15, 0.2) is 4.34 Å². The lowest BCUT2D eigenvalue weighted by molar-refractivity contribution is -0.120. The van der Waals surface area contributed by atoms with Crippen molar-refractivity contribution in [2.24, 2.45) is 5.92 Å². The third kappa shape index (κ3) is 6.71. The maximum absolute atomic E-state index is 12.8. The number of rotatable bonds is 8. The molecular weight excluding hydrogens is 535 g/mol. The molecule has 4 rings (SSSR count). The molecule has 1 aliphatic heterocycles. The van der Waals surface area contributed by atoms with Crippen LogP contribution < -0.4 is 5.32 Å². The molecule has 180 valence electrons. The minimum atomic E-state index is -3.55. The number of benzene rings is 2. The van der Waals surface area contributed by atoms with Gasteiger partial charge in [-0.05, 0) is 36.1 Å². The summed E-state index contributed by atoms with van der Waals surface area (Å²) in [6, 6.07) is 14.8. The van der Waals surface area contributed by atoms with Crippen LogP contribution in [0.3, 0.4) is 0 Å². The van der Waals surface area contributed by atoms with E-state index in [4.69, 9.17) is 23.2 Å². The quantitative estimate of drug-likeness (QED) is 0.298. The minimum absolute atomic E-state index is 0.159. The van der Waals surface area contributed by atoms with Crippen molar-refractivity contribution in [3.8, 4) is 0 Å². The van der Waals surface area contributed by atoms with Crippen LogP contribution in [0.2, 0.25) is 10.0 Å². The lowest BCUT2D eigenvalue weighted by Crippen LogP contribution is -2.41. The summed E-state index contributed by atoms with van der Waals surface area (Å²) in [7, 11) is -3.55. The number of halogens is 2. The SMILES string of the molecule is O=C(Nc1nnc(SCc2ccccc2)s1)C1CCN(S(=O)(=O)Cc2ccc(Cl)cc2Cl)CC1. The Bertz CT molecular complexity index is 1250. The van der Waals surface area contributed by atoms with Crippen molar-refractivity contribution in [3.05, 3.63) is 69.7 Å². The molecule has 1 aromatic heterocycles. The van der Waals surface area contributed by atoms with Gasteiger partial charge in [0.2, 0.25) is 21.1 Å². The van der Waals surface area contributed by atoms with E-state index in [1.54, 1.807) is 23.9 Å². The summed E-state index contributed by atoms with van der Waals surface area (Å²) >= 11 is 14.9. The van der Waals surface area contributed by atoms with Crippen LogP contribution in [0.15, 0.2) is 52.9 Å². The summed E-state index contributed by atoms with van der Waals surface area (Å²) in [5, 5.41) is 12.3. The number of aromatic nitrogens is 2. The molecule has 0 unspecified atom stereocenters. The largest absolute Gasteiger partial charge is 0.300 e. The molecule has 3 aromatic rings. The van der Waals surface area contributed by atoms with Gasteiger partial charge in [0.1, 0.15) is 0 Å². The molecule has 7 nitrogen and oxygen atoms in total. The fraction of sp³-hybridized carbons (Fsp3) is 0.318. The molecule has 0 radical (unpaired) electrons. The van der Waals surface area contributed by atoms with Gasteiger partial charge in [0.05, 0.1) is 5.75 Å². The van der Waals surface area contributed by atoms with Gasteiger partial charge in [0, 0.05) is 34.8 Å². The number of nitrogens with zero attached hydrogens (tertiary/aromatic N) is 3. The lowest BCUT2D eigenvalue weighted by atomic mass is 9.97. The maximum Gasteiger partial charge on any atom is 0.229 e. The van der Waals surface area contributed by atoms with Crippen LogP contribution >= 0.6 is 46.3 Å². The Morgan fingerprint density at radius 1 is 1.12 bits per heavy atom. The Morgan fingerprint density at radius 2 is 1.85 bits per heavy atom. The van der Waals surface area contributed by atoms with E-state index in [1.807, 2.05) is 30.3 Å². The zero-order chi connectivity index (χ0) is 24.1. The van der Waals surface area contributed by atoms with Gasteiger partial charge < -0.3 is 5.32 Å². The fourth-order valence-electron chi connectivity index (χ4n) is 3.57. The lowest BCUT2D eigenvalue weighted by Gasteiger charge is -2.30. The van der Waals surface area contributed by atoms with Gasteiger partial charge in [-0.2, -0.15) is 0 Å². The Hall–Kier alpha value is -1.69. The predicted octanol–water partition coefficient (Wildman–Crippen LogP) is 5.32. The molecule has 1 aliphatic rings. The monoisotopic (exact) mass is 556 g/mol. The second-order valence-electron chi connectivity index (χ2n) is 7.80. The van der Waals surface area contributed by atoms with Gasteiger partial charge in [-0.15, -0.1) is 10.2 Å². The molecule has 0 saturated carbocycles. The summed E-state index contributed by atoms with van der Waals surface area (Å²) in [5.41, 5.74) is 1.69. The van der Waals surface area contributed by atoms with Crippen molar-refractivity contribution >= 4 is 67.4 Å². The predicted molar refractivity (Wildman–Crippen MR) is 138 cm³/mol. The molecule has 1 fully saturated rings. The molecule has 0 bridgehead atoms. The van der Waals surface area contributed by atoms with E-state index in [0.717, 1.165) is 10.1 Å². The smallest absolute Gasteiger partial charge is 0.229 e. The number of amides is 1. The minimum Gasteiger partial charge on any atom is -0.300 e. The first-order valence-electron chi connectivity index (χ1n) is 10.5. The van der Waals surface area contributed by atoms with E-state index < -0.39 is 10.0 Å². The second kappa shape index (κ2) is 11.4. The van der Waals surface area contributed by atoms with Gasteiger partial charge in [-0.25, -0.2) is 12.7 Å². The fourth-order valence-corrected chi connectivity index (χ4v) is 7.43. The molecule has 2 aromatic carbocycles. The topological polar surface area (TPSA) is 92.3 Å². The zero-order valence-corrected chi connectivity index (χ0v) is 21.9. The molecule has 2 heterocycles. The summed E-state index contributed by atoms with van der Waals surface area (Å²) in [5.74, 6) is 0.134. The maximum atomic E-state index is 12.8. The molecule has 1 saturated heterocycles. The molecule has 34 heavy (non-hydrogen) atoms. The molecule has 1 N–H and O–H groups in total. The van der Waals surface area contributed by atoms with Crippen LogP contribution in [-0.2, 0) is 26.3 Å². The van der Waals surface area contributed by atoms with Gasteiger partial charge in [-0.1, -0.05) is 82.7 Å². The van der Waals surface area contributed by atoms with E-state index in [9.17, 15) is 13.2 Å². The Morgan fingerprint density at radius 3 is 2.56 bits per heavy atom. The molecular formula is C22H22Cl2N4O3S3. The van der Waals surface area contributed by atoms with Crippen molar-refractivity contribution < 1.29 is 13.2 Å². The van der Waals surface area contributed by atoms with Crippen LogP contribution in [0, 0.1) is 5.92 Å². The summed E-state index contributed by atoms with van der Waals surface area (Å²) in [4.78, 5) is 12.7. The number of hydrogen-bond donors (Lipinski definition) is 1. The molecule has 12 heteroatoms. The number of carbonyl (C=O) groups is 1. The van der Waals surface area contributed by atoms with Crippen molar-refractivity contribution in [1.29, 1.82) is 0 Å². The van der Waals surface area contributed by atoms with E-state index in [2.05, 4.69) is 15.5 Å². The molecule has 1 amide bonds. The number of piperidine rings is 1. The van der Waals surface area contributed by atoms with Crippen LogP contribution in [0.1, 0.15) is 24.0 Å². The summed E-state index contributed by atoms with van der Waals surface area (Å²) < 4.78 is 27.9. The first-order valence-corrected chi connectivity index (χ1v) is 14.7. The number of thioether (sulfide) groups is 1. The van der Waals surface area contributed by atoms with Crippen LogP contribution in [-0.4, -0.2) is 41.9 Å². The highest BCUT2D eigenvalue weighted by Crippen LogP contribution is 2.30. The summed E-state index contributed by atoms with van der Waals surface area (Å²) in [6.07, 6.45) is 0.877. The Kier molecular flexibility index (Phi) is 8.49. The zero-order valence-electron chi connectivity index (χ0n) is 18.0. The number of nitrogens with one attached hydrogen (secondary N) is 1. The van der Waals surface area contributed by atoms with Crippen molar-refractivity contribution in [1.82, 2.24) is 14.5 Å².